The highest BCUT2D eigenvalue weighted by molar-refractivity contribution is 6.31. The first kappa shape index (κ1) is 12.0. The smallest absolute Gasteiger partial charge is 0.202 e. The number of nitrogen functional groups attached to an aromatic ring is 1. The summed E-state index contributed by atoms with van der Waals surface area (Å²) in [7, 11) is 1.90. The Labute approximate surface area is 114 Å². The van der Waals surface area contributed by atoms with Crippen LogP contribution in [0.25, 0.3) is 11.2 Å². The maximum Gasteiger partial charge on any atom is 0.202 e. The van der Waals surface area contributed by atoms with Gasteiger partial charge in [0, 0.05) is 32.4 Å². The van der Waals surface area contributed by atoms with Gasteiger partial charge in [-0.05, 0) is 12.1 Å². The van der Waals surface area contributed by atoms with Gasteiger partial charge in [-0.25, -0.2) is 9.97 Å². The van der Waals surface area contributed by atoms with Crippen molar-refractivity contribution in [2.75, 3.05) is 5.73 Å². The minimum absolute atomic E-state index is 0.445. The topological polar surface area (TPSA) is 74.5 Å². The van der Waals surface area contributed by atoms with Crippen molar-refractivity contribution in [2.24, 2.45) is 7.05 Å². The zero-order valence-electron chi connectivity index (χ0n) is 10.4. The molecule has 0 aromatic carbocycles. The van der Waals surface area contributed by atoms with Crippen LogP contribution in [0.1, 0.15) is 5.69 Å². The number of pyridine rings is 1. The first-order valence-corrected chi connectivity index (χ1v) is 6.27. The number of nitrogens with two attached hydrogens (primary N) is 1. The Morgan fingerprint density at radius 1 is 1.42 bits per heavy atom. The molecular weight excluding hydrogens is 264 g/mol. The van der Waals surface area contributed by atoms with Gasteiger partial charge < -0.3 is 5.73 Å². The summed E-state index contributed by atoms with van der Waals surface area (Å²) in [4.78, 5) is 8.54. The maximum atomic E-state index is 5.92. The van der Waals surface area contributed by atoms with E-state index >= 15 is 0 Å². The van der Waals surface area contributed by atoms with Crippen LogP contribution in [0.4, 0.5) is 5.95 Å². The van der Waals surface area contributed by atoms with Crippen LogP contribution in [-0.4, -0.2) is 24.3 Å². The van der Waals surface area contributed by atoms with E-state index in [-0.39, 0.29) is 0 Å². The Bertz CT molecular complexity index is 729. The molecule has 0 aliphatic heterocycles. The minimum Gasteiger partial charge on any atom is -0.369 e. The summed E-state index contributed by atoms with van der Waals surface area (Å²) in [6.07, 6.45) is 4.30. The van der Waals surface area contributed by atoms with Crippen LogP contribution in [0.15, 0.2) is 24.5 Å². The number of hydrogen-bond acceptors (Lipinski definition) is 4. The highest BCUT2D eigenvalue weighted by atomic mass is 35.5. The van der Waals surface area contributed by atoms with E-state index in [9.17, 15) is 0 Å². The third-order valence-corrected chi connectivity index (χ3v) is 3.15. The lowest BCUT2D eigenvalue weighted by molar-refractivity contribution is 0.679. The van der Waals surface area contributed by atoms with Crippen LogP contribution in [0, 0.1) is 0 Å². The largest absolute Gasteiger partial charge is 0.369 e. The number of hydrogen-bond donors (Lipinski definition) is 1. The number of aryl methyl sites for hydroxylation is 3. The van der Waals surface area contributed by atoms with Gasteiger partial charge in [-0.3, -0.25) is 9.25 Å². The van der Waals surface area contributed by atoms with Gasteiger partial charge in [0.2, 0.25) is 5.95 Å². The van der Waals surface area contributed by atoms with E-state index in [0.29, 0.717) is 23.0 Å². The molecule has 6 nitrogen and oxygen atoms in total. The Hall–Kier alpha value is -2.08. The normalized spacial score (nSPS) is 11.3. The fraction of sp³-hybridized carbons (Fsp3) is 0.250. The van der Waals surface area contributed by atoms with Gasteiger partial charge in [0.1, 0.15) is 5.52 Å². The standard InChI is InChI=1S/C12H13ClN6/c1-18-4-2-9(17-18)3-5-19-11-10(16-12(19)14)6-8(13)7-15-11/h2,4,6-7H,3,5H2,1H3,(H2,14,16). The van der Waals surface area contributed by atoms with E-state index in [1.54, 1.807) is 16.9 Å². The van der Waals surface area contributed by atoms with Crippen LogP contribution in [0.5, 0.6) is 0 Å². The van der Waals surface area contributed by atoms with Crippen LogP contribution >= 0.6 is 11.6 Å². The van der Waals surface area contributed by atoms with Crippen molar-refractivity contribution < 1.29 is 0 Å². The fourth-order valence-electron chi connectivity index (χ4n) is 2.05. The number of rotatable bonds is 3. The SMILES string of the molecule is Cn1ccc(CCn2c(N)nc3cc(Cl)cnc32)n1. The minimum atomic E-state index is 0.445. The molecule has 0 unspecified atom stereocenters. The molecule has 7 heteroatoms. The summed E-state index contributed by atoms with van der Waals surface area (Å²) in [5.74, 6) is 0.445. The van der Waals surface area contributed by atoms with Crippen LogP contribution in [0.3, 0.4) is 0 Å². The Morgan fingerprint density at radius 2 is 2.26 bits per heavy atom. The van der Waals surface area contributed by atoms with E-state index in [2.05, 4.69) is 15.1 Å². The molecule has 0 spiro atoms. The van der Waals surface area contributed by atoms with Gasteiger partial charge in [0.05, 0.1) is 10.7 Å². The molecule has 0 fully saturated rings. The Balaban J connectivity index is 1.90. The summed E-state index contributed by atoms with van der Waals surface area (Å²) in [5, 5.41) is 4.89. The van der Waals surface area contributed by atoms with Gasteiger partial charge >= 0.3 is 0 Å². The van der Waals surface area contributed by atoms with Crippen molar-refractivity contribution in [1.82, 2.24) is 24.3 Å². The van der Waals surface area contributed by atoms with Crippen molar-refractivity contribution in [2.45, 2.75) is 13.0 Å². The molecule has 3 heterocycles. The van der Waals surface area contributed by atoms with E-state index in [4.69, 9.17) is 17.3 Å². The van der Waals surface area contributed by atoms with Gasteiger partial charge in [0.15, 0.2) is 5.65 Å². The third kappa shape index (κ3) is 2.26. The molecule has 0 radical (unpaired) electrons. The number of aromatic nitrogens is 5. The third-order valence-electron chi connectivity index (χ3n) is 2.94. The van der Waals surface area contributed by atoms with Crippen LogP contribution in [0.2, 0.25) is 5.02 Å². The molecule has 0 aliphatic carbocycles. The van der Waals surface area contributed by atoms with Crippen molar-refractivity contribution in [1.29, 1.82) is 0 Å². The van der Waals surface area contributed by atoms with Gasteiger partial charge in [0.25, 0.3) is 0 Å². The van der Waals surface area contributed by atoms with E-state index < -0.39 is 0 Å². The molecule has 2 N–H and O–H groups in total. The average molecular weight is 277 g/mol. The summed E-state index contributed by atoms with van der Waals surface area (Å²) >= 11 is 5.89. The van der Waals surface area contributed by atoms with E-state index in [1.807, 2.05) is 23.9 Å². The maximum absolute atomic E-state index is 5.92. The molecule has 3 aromatic heterocycles. The number of imidazole rings is 1. The second kappa shape index (κ2) is 4.55. The quantitative estimate of drug-likeness (QED) is 0.789. The molecule has 0 atom stereocenters. The van der Waals surface area contributed by atoms with Crippen molar-refractivity contribution in [3.05, 3.63) is 35.2 Å². The summed E-state index contributed by atoms with van der Waals surface area (Å²) < 4.78 is 3.66. The summed E-state index contributed by atoms with van der Waals surface area (Å²) in [6.45, 7) is 0.688. The molecule has 3 rings (SSSR count). The lowest BCUT2D eigenvalue weighted by Gasteiger charge is -2.04. The Kier molecular flexibility index (Phi) is 2.87. The molecule has 0 amide bonds. The molecule has 19 heavy (non-hydrogen) atoms. The zero-order chi connectivity index (χ0) is 13.4. The predicted octanol–water partition coefficient (Wildman–Crippen LogP) is 1.64. The molecule has 0 saturated heterocycles. The van der Waals surface area contributed by atoms with Gasteiger partial charge in [-0.1, -0.05) is 11.6 Å². The lowest BCUT2D eigenvalue weighted by atomic mass is 10.3. The number of nitrogens with zero attached hydrogens (tertiary/aromatic N) is 5. The number of anilines is 1. The molecule has 0 saturated carbocycles. The second-order valence-electron chi connectivity index (χ2n) is 4.35. The fourth-order valence-corrected chi connectivity index (χ4v) is 2.20. The molecule has 0 aliphatic rings. The van der Waals surface area contributed by atoms with E-state index in [0.717, 1.165) is 17.8 Å². The highest BCUT2D eigenvalue weighted by Crippen LogP contribution is 2.19. The first-order valence-electron chi connectivity index (χ1n) is 5.89. The van der Waals surface area contributed by atoms with E-state index in [1.165, 1.54) is 0 Å². The monoisotopic (exact) mass is 276 g/mol. The van der Waals surface area contributed by atoms with Crippen LogP contribution in [-0.2, 0) is 20.0 Å². The van der Waals surface area contributed by atoms with Gasteiger partial charge in [-0.15, -0.1) is 0 Å². The van der Waals surface area contributed by atoms with Crippen molar-refractivity contribution in [3.63, 3.8) is 0 Å². The van der Waals surface area contributed by atoms with Crippen LogP contribution < -0.4 is 5.73 Å². The Morgan fingerprint density at radius 3 is 3.00 bits per heavy atom. The zero-order valence-corrected chi connectivity index (χ0v) is 11.2. The number of fused-ring (bicyclic) bond motifs is 1. The van der Waals surface area contributed by atoms with Crippen molar-refractivity contribution >= 4 is 28.7 Å². The van der Waals surface area contributed by atoms with Crippen molar-refractivity contribution in [3.8, 4) is 0 Å². The summed E-state index contributed by atoms with van der Waals surface area (Å²) in [6, 6.07) is 3.75. The number of halogens is 1. The molecule has 0 bridgehead atoms. The van der Waals surface area contributed by atoms with Gasteiger partial charge in [-0.2, -0.15) is 5.10 Å². The highest BCUT2D eigenvalue weighted by Gasteiger charge is 2.10. The average Bonchev–Trinajstić information content (AvgIpc) is 2.89. The second-order valence-corrected chi connectivity index (χ2v) is 4.79. The predicted molar refractivity (Wildman–Crippen MR) is 73.9 cm³/mol. The molecular formula is C12H13ClN6. The summed E-state index contributed by atoms with van der Waals surface area (Å²) in [5.41, 5.74) is 8.39. The molecule has 3 aromatic rings. The molecule has 98 valence electrons. The first-order chi connectivity index (χ1) is 9.13. The lowest BCUT2D eigenvalue weighted by Crippen LogP contribution is -2.07.